The smallest absolute Gasteiger partial charge is 0.238 e. The van der Waals surface area contributed by atoms with Crippen LogP contribution in [-0.4, -0.2) is 15.7 Å². The summed E-state index contributed by atoms with van der Waals surface area (Å²) >= 11 is 1.35. The Morgan fingerprint density at radius 1 is 1.69 bits per heavy atom. The molecular formula is C7H11FN4S. The maximum Gasteiger partial charge on any atom is 0.238 e. The molecule has 1 heterocycles. The van der Waals surface area contributed by atoms with Gasteiger partial charge in [-0.1, -0.05) is 6.92 Å². The average Bonchev–Trinajstić information content (AvgIpc) is 2.17. The standard InChI is InChI=1S/C7H11FN4S/c1-2-3-13-6-5(8)4-10-7(11-6)12-9/h4H,2-3,9H2,1H3,(H,10,11,12). The van der Waals surface area contributed by atoms with E-state index in [9.17, 15) is 4.39 Å². The van der Waals surface area contributed by atoms with Crippen LogP contribution in [0, 0.1) is 5.82 Å². The van der Waals surface area contributed by atoms with Crippen molar-refractivity contribution in [1.29, 1.82) is 0 Å². The Morgan fingerprint density at radius 2 is 2.46 bits per heavy atom. The monoisotopic (exact) mass is 202 g/mol. The molecule has 0 saturated heterocycles. The molecule has 0 aliphatic heterocycles. The summed E-state index contributed by atoms with van der Waals surface area (Å²) in [6, 6.07) is 0. The molecule has 0 aliphatic carbocycles. The topological polar surface area (TPSA) is 63.8 Å². The fourth-order valence-corrected chi connectivity index (χ4v) is 1.46. The van der Waals surface area contributed by atoms with Gasteiger partial charge in [-0.2, -0.15) is 0 Å². The molecule has 0 bridgehead atoms. The number of rotatable bonds is 4. The normalized spacial score (nSPS) is 10.1. The van der Waals surface area contributed by atoms with E-state index in [4.69, 9.17) is 5.84 Å². The lowest BCUT2D eigenvalue weighted by Gasteiger charge is -2.02. The number of thioether (sulfide) groups is 1. The summed E-state index contributed by atoms with van der Waals surface area (Å²) in [6.07, 6.45) is 2.08. The zero-order valence-corrected chi connectivity index (χ0v) is 8.07. The first-order valence-electron chi connectivity index (χ1n) is 3.90. The molecule has 0 unspecified atom stereocenters. The lowest BCUT2D eigenvalue weighted by atomic mass is 10.6. The maximum atomic E-state index is 13.0. The summed E-state index contributed by atoms with van der Waals surface area (Å²) in [7, 11) is 0. The minimum Gasteiger partial charge on any atom is -0.292 e. The summed E-state index contributed by atoms with van der Waals surface area (Å²) in [6.45, 7) is 2.02. The van der Waals surface area contributed by atoms with Crippen LogP contribution in [0.1, 0.15) is 13.3 Å². The van der Waals surface area contributed by atoms with E-state index in [2.05, 4.69) is 15.4 Å². The largest absolute Gasteiger partial charge is 0.292 e. The summed E-state index contributed by atoms with van der Waals surface area (Å²) in [4.78, 5) is 7.50. The highest BCUT2D eigenvalue weighted by Gasteiger charge is 2.05. The lowest BCUT2D eigenvalue weighted by molar-refractivity contribution is 0.580. The van der Waals surface area contributed by atoms with Gasteiger partial charge >= 0.3 is 0 Å². The summed E-state index contributed by atoms with van der Waals surface area (Å²) in [5.74, 6) is 5.75. The highest BCUT2D eigenvalue weighted by atomic mass is 32.2. The van der Waals surface area contributed by atoms with Gasteiger partial charge in [-0.05, 0) is 12.2 Å². The first-order chi connectivity index (χ1) is 6.27. The number of anilines is 1. The Labute approximate surface area is 80.1 Å². The van der Waals surface area contributed by atoms with Gasteiger partial charge in [0.1, 0.15) is 5.03 Å². The van der Waals surface area contributed by atoms with Gasteiger partial charge in [-0.25, -0.2) is 20.2 Å². The van der Waals surface area contributed by atoms with Gasteiger partial charge in [0.2, 0.25) is 5.95 Å². The molecule has 6 heteroatoms. The second kappa shape index (κ2) is 4.98. The second-order valence-electron chi connectivity index (χ2n) is 2.34. The van der Waals surface area contributed by atoms with Gasteiger partial charge in [0.05, 0.1) is 6.20 Å². The molecule has 0 amide bonds. The molecule has 0 radical (unpaired) electrons. The first-order valence-corrected chi connectivity index (χ1v) is 4.88. The van der Waals surface area contributed by atoms with Crippen LogP contribution in [0.5, 0.6) is 0 Å². The molecule has 1 rings (SSSR count). The van der Waals surface area contributed by atoms with Crippen molar-refractivity contribution < 1.29 is 4.39 Å². The van der Waals surface area contributed by atoms with Crippen LogP contribution in [0.25, 0.3) is 0 Å². The van der Waals surface area contributed by atoms with Crippen molar-refractivity contribution in [2.24, 2.45) is 5.84 Å². The van der Waals surface area contributed by atoms with Crippen LogP contribution < -0.4 is 11.3 Å². The number of nitrogen functional groups attached to an aromatic ring is 1. The van der Waals surface area contributed by atoms with Crippen LogP contribution in [0.4, 0.5) is 10.3 Å². The zero-order chi connectivity index (χ0) is 9.68. The molecule has 4 nitrogen and oxygen atoms in total. The van der Waals surface area contributed by atoms with Crippen LogP contribution in [0.2, 0.25) is 0 Å². The Bertz CT molecular complexity index is 281. The van der Waals surface area contributed by atoms with Crippen molar-refractivity contribution in [2.75, 3.05) is 11.2 Å². The number of hydrogen-bond acceptors (Lipinski definition) is 5. The van der Waals surface area contributed by atoms with Crippen molar-refractivity contribution in [3.05, 3.63) is 12.0 Å². The molecule has 3 N–H and O–H groups in total. The molecule has 0 atom stereocenters. The van der Waals surface area contributed by atoms with E-state index in [1.54, 1.807) is 0 Å². The lowest BCUT2D eigenvalue weighted by Crippen LogP contribution is -2.11. The number of hydrogen-bond donors (Lipinski definition) is 2. The Balaban J connectivity index is 2.78. The van der Waals surface area contributed by atoms with E-state index in [0.717, 1.165) is 18.4 Å². The summed E-state index contributed by atoms with van der Waals surface area (Å²) < 4.78 is 13.0. The second-order valence-corrected chi connectivity index (χ2v) is 3.42. The quantitative estimate of drug-likeness (QED) is 0.334. The molecular weight excluding hydrogens is 191 g/mol. The molecule has 0 aliphatic rings. The van der Waals surface area contributed by atoms with E-state index in [1.165, 1.54) is 11.8 Å². The van der Waals surface area contributed by atoms with Crippen LogP contribution >= 0.6 is 11.8 Å². The van der Waals surface area contributed by atoms with Crippen molar-refractivity contribution in [2.45, 2.75) is 18.4 Å². The summed E-state index contributed by atoms with van der Waals surface area (Å²) in [5, 5.41) is 0.338. The number of nitrogens with one attached hydrogen (secondary N) is 1. The Morgan fingerprint density at radius 3 is 3.08 bits per heavy atom. The molecule has 1 aromatic heterocycles. The zero-order valence-electron chi connectivity index (χ0n) is 7.25. The van der Waals surface area contributed by atoms with Crippen molar-refractivity contribution in [3.8, 4) is 0 Å². The predicted octanol–water partition coefficient (Wildman–Crippen LogP) is 1.40. The third-order valence-corrected chi connectivity index (χ3v) is 2.46. The summed E-state index contributed by atoms with van der Waals surface area (Å²) in [5.41, 5.74) is 2.27. The molecule has 1 aromatic rings. The SMILES string of the molecule is CCCSc1nc(NN)ncc1F. The third kappa shape index (κ3) is 2.82. The number of aromatic nitrogens is 2. The minimum atomic E-state index is -0.405. The molecule has 0 aromatic carbocycles. The van der Waals surface area contributed by atoms with E-state index in [-0.39, 0.29) is 5.95 Å². The van der Waals surface area contributed by atoms with Crippen LogP contribution in [-0.2, 0) is 0 Å². The van der Waals surface area contributed by atoms with Gasteiger partial charge in [0.25, 0.3) is 0 Å². The van der Waals surface area contributed by atoms with Crippen molar-refractivity contribution in [3.63, 3.8) is 0 Å². The van der Waals surface area contributed by atoms with Crippen molar-refractivity contribution in [1.82, 2.24) is 9.97 Å². The van der Waals surface area contributed by atoms with Crippen molar-refractivity contribution >= 4 is 17.7 Å². The highest BCUT2D eigenvalue weighted by molar-refractivity contribution is 7.99. The number of halogens is 1. The predicted molar refractivity (Wildman–Crippen MR) is 50.8 cm³/mol. The Hall–Kier alpha value is -0.880. The van der Waals surface area contributed by atoms with Gasteiger partial charge < -0.3 is 0 Å². The number of nitrogens with zero attached hydrogens (tertiary/aromatic N) is 2. The van der Waals surface area contributed by atoms with Gasteiger partial charge in [0, 0.05) is 0 Å². The maximum absolute atomic E-state index is 13.0. The van der Waals surface area contributed by atoms with Crippen LogP contribution in [0.15, 0.2) is 11.2 Å². The van der Waals surface area contributed by atoms with E-state index < -0.39 is 5.82 Å². The number of nitrogens with two attached hydrogens (primary N) is 1. The fourth-order valence-electron chi connectivity index (χ4n) is 0.721. The number of hydrazine groups is 1. The molecule has 0 fully saturated rings. The minimum absolute atomic E-state index is 0.236. The molecule has 72 valence electrons. The van der Waals surface area contributed by atoms with E-state index in [0.29, 0.717) is 5.03 Å². The van der Waals surface area contributed by atoms with Gasteiger partial charge in [-0.15, -0.1) is 11.8 Å². The molecule has 0 saturated carbocycles. The van der Waals surface area contributed by atoms with Gasteiger partial charge in [-0.3, -0.25) is 5.43 Å². The molecule has 0 spiro atoms. The van der Waals surface area contributed by atoms with E-state index in [1.807, 2.05) is 6.92 Å². The van der Waals surface area contributed by atoms with E-state index >= 15 is 0 Å². The average molecular weight is 202 g/mol. The highest BCUT2D eigenvalue weighted by Crippen LogP contribution is 2.19. The third-order valence-electron chi connectivity index (χ3n) is 1.28. The first kappa shape index (κ1) is 10.2. The Kier molecular flexibility index (Phi) is 3.91. The van der Waals surface area contributed by atoms with Gasteiger partial charge in [0.15, 0.2) is 5.82 Å². The van der Waals surface area contributed by atoms with Crippen LogP contribution in [0.3, 0.4) is 0 Å². The molecule has 13 heavy (non-hydrogen) atoms. The fraction of sp³-hybridized carbons (Fsp3) is 0.429.